The number of pyridine rings is 2. The Morgan fingerprint density at radius 1 is 0.652 bits per heavy atom. The molecule has 0 saturated carbocycles. The van der Waals surface area contributed by atoms with Gasteiger partial charge in [-0.25, -0.2) is 0 Å². The lowest BCUT2D eigenvalue weighted by molar-refractivity contribution is 1.22. The molecule has 4 aromatic rings. The maximum Gasteiger partial charge on any atom is 0.0974 e. The third-order valence-electron chi connectivity index (χ3n) is 4.31. The van der Waals surface area contributed by atoms with Gasteiger partial charge in [-0.3, -0.25) is 9.97 Å². The summed E-state index contributed by atoms with van der Waals surface area (Å²) in [6.07, 6.45) is 0. The standard InChI is InChI=1S/C21H18N2/c1-13-11-14(2)22-20-17(13)9-10-18-19(12-15(3)23-21(18)20)16-7-5-4-6-8-16/h4-12H,1-3H3. The van der Waals surface area contributed by atoms with E-state index < -0.39 is 0 Å². The Hall–Kier alpha value is -2.74. The molecular weight excluding hydrogens is 280 g/mol. The number of fused-ring (bicyclic) bond motifs is 3. The zero-order valence-electron chi connectivity index (χ0n) is 13.6. The molecule has 0 aliphatic rings. The molecule has 0 radical (unpaired) electrons. The zero-order valence-corrected chi connectivity index (χ0v) is 13.6. The minimum absolute atomic E-state index is 0.994. The first-order valence-corrected chi connectivity index (χ1v) is 7.87. The van der Waals surface area contributed by atoms with Crippen molar-refractivity contribution in [2.75, 3.05) is 0 Å². The summed E-state index contributed by atoms with van der Waals surface area (Å²) in [5.41, 5.74) is 7.73. The van der Waals surface area contributed by atoms with Crippen LogP contribution < -0.4 is 0 Å². The molecule has 23 heavy (non-hydrogen) atoms. The molecule has 2 heteroatoms. The smallest absolute Gasteiger partial charge is 0.0974 e. The van der Waals surface area contributed by atoms with Gasteiger partial charge in [0.15, 0.2) is 0 Å². The normalized spacial score (nSPS) is 11.3. The van der Waals surface area contributed by atoms with Crippen LogP contribution in [-0.4, -0.2) is 9.97 Å². The minimum atomic E-state index is 0.994. The highest BCUT2D eigenvalue weighted by atomic mass is 14.8. The fourth-order valence-corrected chi connectivity index (χ4v) is 3.29. The summed E-state index contributed by atoms with van der Waals surface area (Å²) >= 11 is 0. The summed E-state index contributed by atoms with van der Waals surface area (Å²) in [6, 6.07) is 19.1. The maximum atomic E-state index is 4.81. The molecule has 0 fully saturated rings. The number of hydrogen-bond donors (Lipinski definition) is 0. The summed E-state index contributed by atoms with van der Waals surface area (Å²) in [6.45, 7) is 6.23. The van der Waals surface area contributed by atoms with E-state index in [0.29, 0.717) is 0 Å². The largest absolute Gasteiger partial charge is 0.251 e. The molecule has 0 atom stereocenters. The van der Waals surface area contributed by atoms with Gasteiger partial charge in [0.25, 0.3) is 0 Å². The summed E-state index contributed by atoms with van der Waals surface area (Å²) < 4.78 is 0. The molecule has 0 spiro atoms. The molecular formula is C21H18N2. The molecule has 0 amide bonds. The fourth-order valence-electron chi connectivity index (χ4n) is 3.29. The van der Waals surface area contributed by atoms with Crippen molar-refractivity contribution in [1.82, 2.24) is 9.97 Å². The first kappa shape index (κ1) is 13.9. The minimum Gasteiger partial charge on any atom is -0.251 e. The molecule has 0 saturated heterocycles. The Labute approximate surface area is 135 Å². The van der Waals surface area contributed by atoms with E-state index in [-0.39, 0.29) is 0 Å². The van der Waals surface area contributed by atoms with Crippen LogP contribution in [0.4, 0.5) is 0 Å². The first-order valence-electron chi connectivity index (χ1n) is 7.87. The van der Waals surface area contributed by atoms with Gasteiger partial charge < -0.3 is 0 Å². The van der Waals surface area contributed by atoms with Gasteiger partial charge in [-0.1, -0.05) is 42.5 Å². The second-order valence-electron chi connectivity index (χ2n) is 6.12. The molecule has 2 heterocycles. The summed E-state index contributed by atoms with van der Waals surface area (Å²) in [4.78, 5) is 9.59. The number of hydrogen-bond acceptors (Lipinski definition) is 2. The van der Waals surface area contributed by atoms with Gasteiger partial charge >= 0.3 is 0 Å². The van der Waals surface area contributed by atoms with Crippen molar-refractivity contribution in [1.29, 1.82) is 0 Å². The Bertz CT molecular complexity index is 1030. The van der Waals surface area contributed by atoms with Crippen molar-refractivity contribution in [3.8, 4) is 11.1 Å². The van der Waals surface area contributed by atoms with Crippen molar-refractivity contribution in [2.45, 2.75) is 20.8 Å². The highest BCUT2D eigenvalue weighted by Crippen LogP contribution is 2.33. The third-order valence-corrected chi connectivity index (χ3v) is 4.31. The molecule has 112 valence electrons. The average Bonchev–Trinajstić information content (AvgIpc) is 2.55. The van der Waals surface area contributed by atoms with Crippen LogP contribution in [0.2, 0.25) is 0 Å². The number of nitrogens with zero attached hydrogens (tertiary/aromatic N) is 2. The van der Waals surface area contributed by atoms with Crippen LogP contribution >= 0.6 is 0 Å². The number of rotatable bonds is 1. The Balaban J connectivity index is 2.17. The first-order chi connectivity index (χ1) is 11.1. The van der Waals surface area contributed by atoms with E-state index in [4.69, 9.17) is 9.97 Å². The molecule has 0 aliphatic carbocycles. The predicted octanol–water partition coefficient (Wildman–Crippen LogP) is 5.38. The predicted molar refractivity (Wildman–Crippen MR) is 96.7 cm³/mol. The lowest BCUT2D eigenvalue weighted by atomic mass is 9.98. The van der Waals surface area contributed by atoms with Gasteiger partial charge in [0.2, 0.25) is 0 Å². The monoisotopic (exact) mass is 298 g/mol. The topological polar surface area (TPSA) is 25.8 Å². The van der Waals surface area contributed by atoms with Crippen molar-refractivity contribution in [2.24, 2.45) is 0 Å². The molecule has 2 nitrogen and oxygen atoms in total. The van der Waals surface area contributed by atoms with Crippen LogP contribution in [0.25, 0.3) is 32.9 Å². The van der Waals surface area contributed by atoms with Crippen LogP contribution in [0.15, 0.2) is 54.6 Å². The number of benzene rings is 2. The molecule has 4 rings (SSSR count). The SMILES string of the molecule is Cc1cc(C)c2ccc3c(-c4ccccc4)cc(C)nc3c2n1. The third kappa shape index (κ3) is 2.27. The van der Waals surface area contributed by atoms with Crippen LogP contribution in [0.3, 0.4) is 0 Å². The van der Waals surface area contributed by atoms with Gasteiger partial charge in [-0.2, -0.15) is 0 Å². The van der Waals surface area contributed by atoms with Gasteiger partial charge in [0.05, 0.1) is 11.0 Å². The molecule has 0 aliphatic heterocycles. The Morgan fingerprint density at radius 2 is 1.26 bits per heavy atom. The highest BCUT2D eigenvalue weighted by Gasteiger charge is 2.11. The van der Waals surface area contributed by atoms with Gasteiger partial charge in [0.1, 0.15) is 0 Å². The van der Waals surface area contributed by atoms with Gasteiger partial charge in [-0.05, 0) is 49.6 Å². The van der Waals surface area contributed by atoms with E-state index in [0.717, 1.165) is 27.8 Å². The molecule has 0 bridgehead atoms. The van der Waals surface area contributed by atoms with Crippen molar-refractivity contribution < 1.29 is 0 Å². The van der Waals surface area contributed by atoms with E-state index in [1.165, 1.54) is 22.1 Å². The lowest BCUT2D eigenvalue weighted by Gasteiger charge is -2.11. The van der Waals surface area contributed by atoms with E-state index in [2.05, 4.69) is 55.5 Å². The van der Waals surface area contributed by atoms with E-state index in [1.54, 1.807) is 0 Å². The van der Waals surface area contributed by atoms with Crippen LogP contribution in [-0.2, 0) is 0 Å². The maximum absolute atomic E-state index is 4.81. The molecule has 0 N–H and O–H groups in total. The number of aryl methyl sites for hydroxylation is 3. The second kappa shape index (κ2) is 5.17. The lowest BCUT2D eigenvalue weighted by Crippen LogP contribution is -1.94. The molecule has 0 unspecified atom stereocenters. The summed E-state index contributed by atoms with van der Waals surface area (Å²) in [7, 11) is 0. The molecule has 2 aromatic carbocycles. The summed E-state index contributed by atoms with van der Waals surface area (Å²) in [5.74, 6) is 0. The van der Waals surface area contributed by atoms with Gasteiger partial charge in [0, 0.05) is 22.2 Å². The fraction of sp³-hybridized carbons (Fsp3) is 0.143. The van der Waals surface area contributed by atoms with Gasteiger partial charge in [-0.15, -0.1) is 0 Å². The zero-order chi connectivity index (χ0) is 16.0. The quantitative estimate of drug-likeness (QED) is 0.441. The average molecular weight is 298 g/mol. The number of aromatic nitrogens is 2. The van der Waals surface area contributed by atoms with Crippen LogP contribution in [0.1, 0.15) is 17.0 Å². The highest BCUT2D eigenvalue weighted by molar-refractivity contribution is 6.09. The Morgan fingerprint density at radius 3 is 2.00 bits per heavy atom. The van der Waals surface area contributed by atoms with E-state index in [9.17, 15) is 0 Å². The van der Waals surface area contributed by atoms with E-state index in [1.807, 2.05) is 19.9 Å². The van der Waals surface area contributed by atoms with Crippen molar-refractivity contribution in [3.63, 3.8) is 0 Å². The van der Waals surface area contributed by atoms with Crippen molar-refractivity contribution in [3.05, 3.63) is 71.5 Å². The summed E-state index contributed by atoms with van der Waals surface area (Å²) in [5, 5.41) is 2.34. The van der Waals surface area contributed by atoms with Crippen LogP contribution in [0, 0.1) is 20.8 Å². The molecule has 2 aromatic heterocycles. The Kier molecular flexibility index (Phi) is 3.12. The van der Waals surface area contributed by atoms with Crippen molar-refractivity contribution >= 4 is 21.8 Å². The van der Waals surface area contributed by atoms with E-state index >= 15 is 0 Å². The second-order valence-corrected chi connectivity index (χ2v) is 6.12. The van der Waals surface area contributed by atoms with Crippen LogP contribution in [0.5, 0.6) is 0 Å².